The minimum atomic E-state index is -0.392. The lowest BCUT2D eigenvalue weighted by molar-refractivity contribution is 0.627. The van der Waals surface area contributed by atoms with Gasteiger partial charge in [-0.1, -0.05) is 30.3 Å². The van der Waals surface area contributed by atoms with Gasteiger partial charge in [-0.3, -0.25) is 0 Å². The number of hydrogen-bond acceptors (Lipinski definition) is 2. The van der Waals surface area contributed by atoms with E-state index in [1.54, 1.807) is 6.07 Å². The number of anilines is 1. The fourth-order valence-corrected chi connectivity index (χ4v) is 1.75. The van der Waals surface area contributed by atoms with E-state index in [4.69, 9.17) is 5.26 Å². The van der Waals surface area contributed by atoms with E-state index in [0.29, 0.717) is 17.8 Å². The van der Waals surface area contributed by atoms with Gasteiger partial charge in [0.05, 0.1) is 11.6 Å². The van der Waals surface area contributed by atoms with E-state index >= 15 is 0 Å². The van der Waals surface area contributed by atoms with Crippen LogP contribution in [0.4, 0.5) is 10.1 Å². The number of hydrogen-bond donors (Lipinski definition) is 1. The van der Waals surface area contributed by atoms with Crippen LogP contribution in [0.5, 0.6) is 0 Å². The molecule has 18 heavy (non-hydrogen) atoms. The third kappa shape index (κ3) is 3.33. The standard InChI is InChI=1S/C15H13FN2/c16-14-8-13(11-17)9-15(10-14)18-7-6-12-4-2-1-3-5-12/h1-5,8-10,18H,6-7H2. The van der Waals surface area contributed by atoms with Crippen molar-refractivity contribution < 1.29 is 4.39 Å². The number of nitrogens with one attached hydrogen (secondary N) is 1. The van der Waals surface area contributed by atoms with Crippen LogP contribution in [-0.4, -0.2) is 6.54 Å². The SMILES string of the molecule is N#Cc1cc(F)cc(NCCc2ccccc2)c1. The Balaban J connectivity index is 1.95. The van der Waals surface area contributed by atoms with Gasteiger partial charge >= 0.3 is 0 Å². The third-order valence-electron chi connectivity index (χ3n) is 2.61. The third-order valence-corrected chi connectivity index (χ3v) is 2.61. The topological polar surface area (TPSA) is 35.8 Å². The summed E-state index contributed by atoms with van der Waals surface area (Å²) < 4.78 is 13.2. The fraction of sp³-hybridized carbons (Fsp3) is 0.133. The van der Waals surface area contributed by atoms with Crippen molar-refractivity contribution in [1.29, 1.82) is 5.26 Å². The lowest BCUT2D eigenvalue weighted by atomic mass is 10.1. The Hall–Kier alpha value is -2.34. The van der Waals surface area contributed by atoms with Gasteiger partial charge in [-0.15, -0.1) is 0 Å². The molecule has 0 atom stereocenters. The van der Waals surface area contributed by atoms with E-state index in [1.807, 2.05) is 36.4 Å². The first-order valence-electron chi connectivity index (χ1n) is 5.76. The molecule has 2 rings (SSSR count). The van der Waals surface area contributed by atoms with Crippen molar-refractivity contribution in [3.8, 4) is 6.07 Å². The molecule has 0 amide bonds. The molecule has 0 spiro atoms. The average molecular weight is 240 g/mol. The van der Waals surface area contributed by atoms with Crippen molar-refractivity contribution >= 4 is 5.69 Å². The van der Waals surface area contributed by atoms with E-state index in [-0.39, 0.29) is 0 Å². The zero-order valence-corrected chi connectivity index (χ0v) is 9.86. The molecule has 1 N–H and O–H groups in total. The van der Waals surface area contributed by atoms with E-state index < -0.39 is 5.82 Å². The maximum absolute atomic E-state index is 13.2. The summed E-state index contributed by atoms with van der Waals surface area (Å²) in [4.78, 5) is 0. The number of nitriles is 1. The fourth-order valence-electron chi connectivity index (χ4n) is 1.75. The summed E-state index contributed by atoms with van der Waals surface area (Å²) in [6.45, 7) is 0.707. The van der Waals surface area contributed by atoms with E-state index in [0.717, 1.165) is 6.42 Å². The van der Waals surface area contributed by atoms with Crippen LogP contribution in [0.2, 0.25) is 0 Å². The van der Waals surface area contributed by atoms with E-state index in [2.05, 4.69) is 5.32 Å². The molecule has 0 aliphatic rings. The summed E-state index contributed by atoms with van der Waals surface area (Å²) in [5.74, 6) is -0.392. The van der Waals surface area contributed by atoms with Gasteiger partial charge in [-0.05, 0) is 30.2 Å². The Morgan fingerprint density at radius 3 is 2.61 bits per heavy atom. The predicted octanol–water partition coefficient (Wildman–Crippen LogP) is 3.35. The number of rotatable bonds is 4. The first-order valence-corrected chi connectivity index (χ1v) is 5.76. The van der Waals surface area contributed by atoms with E-state index in [9.17, 15) is 4.39 Å². The van der Waals surface area contributed by atoms with Gasteiger partial charge in [-0.2, -0.15) is 5.26 Å². The summed E-state index contributed by atoms with van der Waals surface area (Å²) in [5.41, 5.74) is 2.20. The minimum Gasteiger partial charge on any atom is -0.385 e. The van der Waals surface area contributed by atoms with Crippen molar-refractivity contribution in [2.24, 2.45) is 0 Å². The molecular formula is C15H13FN2. The van der Waals surface area contributed by atoms with Gasteiger partial charge in [0, 0.05) is 12.2 Å². The van der Waals surface area contributed by atoms with E-state index in [1.165, 1.54) is 17.7 Å². The number of halogens is 1. The summed E-state index contributed by atoms with van der Waals surface area (Å²) in [6.07, 6.45) is 0.860. The maximum atomic E-state index is 13.2. The number of nitrogens with zero attached hydrogens (tertiary/aromatic N) is 1. The monoisotopic (exact) mass is 240 g/mol. The molecule has 0 unspecified atom stereocenters. The second kappa shape index (κ2) is 5.83. The Kier molecular flexibility index (Phi) is 3.93. The van der Waals surface area contributed by atoms with Crippen LogP contribution >= 0.6 is 0 Å². The van der Waals surface area contributed by atoms with Gasteiger partial charge in [-0.25, -0.2) is 4.39 Å². The molecule has 0 aliphatic carbocycles. The van der Waals surface area contributed by atoms with Crippen LogP contribution in [0.25, 0.3) is 0 Å². The maximum Gasteiger partial charge on any atom is 0.126 e. The summed E-state index contributed by atoms with van der Waals surface area (Å²) in [5, 5.41) is 11.9. The van der Waals surface area contributed by atoms with Crippen LogP contribution in [0.1, 0.15) is 11.1 Å². The Bertz CT molecular complexity index is 558. The largest absolute Gasteiger partial charge is 0.385 e. The van der Waals surface area contributed by atoms with Crippen LogP contribution in [0, 0.1) is 17.1 Å². The molecule has 0 saturated carbocycles. The molecule has 2 nitrogen and oxygen atoms in total. The average Bonchev–Trinajstić information content (AvgIpc) is 2.39. The molecule has 90 valence electrons. The molecule has 0 saturated heterocycles. The zero-order chi connectivity index (χ0) is 12.8. The second-order valence-corrected chi connectivity index (χ2v) is 4.00. The normalized spacial score (nSPS) is 9.78. The van der Waals surface area contributed by atoms with Crippen LogP contribution < -0.4 is 5.32 Å². The Morgan fingerprint density at radius 2 is 1.89 bits per heavy atom. The molecule has 0 bridgehead atoms. The smallest absolute Gasteiger partial charge is 0.126 e. The van der Waals surface area contributed by atoms with Crippen molar-refractivity contribution in [2.75, 3.05) is 11.9 Å². The molecule has 2 aromatic carbocycles. The molecule has 0 aromatic heterocycles. The van der Waals surface area contributed by atoms with Crippen LogP contribution in [0.15, 0.2) is 48.5 Å². The van der Waals surface area contributed by atoms with Crippen molar-refractivity contribution in [1.82, 2.24) is 0 Å². The first kappa shape index (κ1) is 12.1. The molecule has 2 aromatic rings. The first-order chi connectivity index (χ1) is 8.78. The Morgan fingerprint density at radius 1 is 1.11 bits per heavy atom. The lowest BCUT2D eigenvalue weighted by Gasteiger charge is -2.07. The number of benzene rings is 2. The van der Waals surface area contributed by atoms with Gasteiger partial charge in [0.15, 0.2) is 0 Å². The predicted molar refractivity (Wildman–Crippen MR) is 69.8 cm³/mol. The van der Waals surface area contributed by atoms with Gasteiger partial charge < -0.3 is 5.32 Å². The van der Waals surface area contributed by atoms with Crippen molar-refractivity contribution in [3.63, 3.8) is 0 Å². The highest BCUT2D eigenvalue weighted by atomic mass is 19.1. The highest BCUT2D eigenvalue weighted by molar-refractivity contribution is 5.49. The van der Waals surface area contributed by atoms with Crippen molar-refractivity contribution in [2.45, 2.75) is 6.42 Å². The molecular weight excluding hydrogens is 227 g/mol. The molecule has 0 heterocycles. The van der Waals surface area contributed by atoms with Gasteiger partial charge in [0.25, 0.3) is 0 Å². The van der Waals surface area contributed by atoms with Crippen LogP contribution in [0.3, 0.4) is 0 Å². The highest BCUT2D eigenvalue weighted by Gasteiger charge is 2.00. The summed E-state index contributed by atoms with van der Waals surface area (Å²) >= 11 is 0. The zero-order valence-electron chi connectivity index (χ0n) is 9.86. The lowest BCUT2D eigenvalue weighted by Crippen LogP contribution is -2.05. The van der Waals surface area contributed by atoms with Crippen LogP contribution in [-0.2, 0) is 6.42 Å². The molecule has 0 fully saturated rings. The Labute approximate surface area is 106 Å². The second-order valence-electron chi connectivity index (χ2n) is 4.00. The van der Waals surface area contributed by atoms with Crippen molar-refractivity contribution in [3.05, 3.63) is 65.5 Å². The highest BCUT2D eigenvalue weighted by Crippen LogP contribution is 2.13. The molecule has 0 radical (unpaired) electrons. The van der Waals surface area contributed by atoms with Gasteiger partial charge in [0.1, 0.15) is 5.82 Å². The summed E-state index contributed by atoms with van der Waals surface area (Å²) in [7, 11) is 0. The molecule has 3 heteroatoms. The summed E-state index contributed by atoms with van der Waals surface area (Å²) in [6, 6.07) is 16.3. The molecule has 0 aliphatic heterocycles. The van der Waals surface area contributed by atoms with Gasteiger partial charge in [0.2, 0.25) is 0 Å². The quantitative estimate of drug-likeness (QED) is 0.889. The minimum absolute atomic E-state index is 0.331.